The van der Waals surface area contributed by atoms with Crippen molar-refractivity contribution >= 4 is 41.4 Å². The fourth-order valence-corrected chi connectivity index (χ4v) is 5.02. The first kappa shape index (κ1) is 13.3. The van der Waals surface area contributed by atoms with E-state index in [2.05, 4.69) is 23.3 Å². The molecule has 1 aliphatic carbocycles. The molecule has 82 valence electrons. The molecule has 1 rings (SSSR count). The number of hydrogen-bond donors (Lipinski definition) is 2. The summed E-state index contributed by atoms with van der Waals surface area (Å²) in [6, 6.07) is 0. The Morgan fingerprint density at radius 2 is 2.47 bits per heavy atom. The predicted octanol–water partition coefficient (Wildman–Crippen LogP) is 1.25. The van der Waals surface area contributed by atoms with Crippen LogP contribution in [0.5, 0.6) is 0 Å². The second-order valence-corrected chi connectivity index (χ2v) is 11.4. The van der Waals surface area contributed by atoms with Gasteiger partial charge in [-0.05, 0) is 0 Å². The molecule has 0 saturated heterocycles. The van der Waals surface area contributed by atoms with Crippen LogP contribution < -0.4 is 11.1 Å². The molecule has 0 aromatic heterocycles. The van der Waals surface area contributed by atoms with Gasteiger partial charge in [-0.15, -0.1) is 0 Å². The molecular formula is C10H17ClN3Tl. The number of nitrogens with two attached hydrogens (primary N) is 1. The van der Waals surface area contributed by atoms with Crippen LogP contribution in [-0.4, -0.2) is 36.8 Å². The van der Waals surface area contributed by atoms with Crippen LogP contribution >= 0.6 is 11.6 Å². The van der Waals surface area contributed by atoms with Crippen LogP contribution in [0.25, 0.3) is 0 Å². The first-order chi connectivity index (χ1) is 7.11. The van der Waals surface area contributed by atoms with Gasteiger partial charge in [-0.2, -0.15) is 0 Å². The van der Waals surface area contributed by atoms with Gasteiger partial charge in [0.15, 0.2) is 0 Å². The Morgan fingerprint density at radius 3 is 3.07 bits per heavy atom. The molecule has 0 spiro atoms. The van der Waals surface area contributed by atoms with Gasteiger partial charge in [-0.3, -0.25) is 0 Å². The Morgan fingerprint density at radius 1 is 1.73 bits per heavy atom. The van der Waals surface area contributed by atoms with E-state index in [1.165, 1.54) is 6.42 Å². The van der Waals surface area contributed by atoms with Gasteiger partial charge in [0.05, 0.1) is 0 Å². The van der Waals surface area contributed by atoms with Gasteiger partial charge in [-0.25, -0.2) is 0 Å². The zero-order chi connectivity index (χ0) is 11.3. The van der Waals surface area contributed by atoms with Crippen molar-refractivity contribution in [3.63, 3.8) is 0 Å². The average Bonchev–Trinajstić information content (AvgIpc) is 2.17. The molecule has 0 fully saturated rings. The van der Waals surface area contributed by atoms with Crippen molar-refractivity contribution in [2.24, 2.45) is 16.6 Å². The number of halogens is 1. The number of nitrogens with one attached hydrogen (secondary N) is 1. The fraction of sp³-hybridized carbons (Fsp3) is 0.600. The number of rotatable bonds is 3. The topological polar surface area (TPSA) is 50.4 Å². The molecule has 0 aromatic carbocycles. The van der Waals surface area contributed by atoms with Crippen molar-refractivity contribution in [1.29, 1.82) is 0 Å². The van der Waals surface area contributed by atoms with Crippen LogP contribution in [0.2, 0.25) is 0 Å². The molecular weight excluding hydrogens is 402 g/mol. The summed E-state index contributed by atoms with van der Waals surface area (Å²) in [5.41, 5.74) is 7.04. The number of nitrogens with zero attached hydrogens (tertiary/aromatic N) is 1. The van der Waals surface area contributed by atoms with Gasteiger partial charge < -0.3 is 0 Å². The standard InChI is InChI=1S/C8H13N2.C2H4ClN.Tl/c1-7-3-2-4-8(5-7)10-6-9;1-4-2-3;/h4,7H,2-3,5H2,1H3,(H2,9,10);4H,1H3;. The SMILES string of the molecule is CN[C](Cl)=[Tl][C](N)=NC1=CCCC(C)C1. The predicted molar refractivity (Wildman–Crippen MR) is 68.4 cm³/mol. The van der Waals surface area contributed by atoms with E-state index in [4.69, 9.17) is 17.3 Å². The molecule has 0 amide bonds. The number of amidine groups is 1. The summed E-state index contributed by atoms with van der Waals surface area (Å²) in [7, 11) is 1.83. The van der Waals surface area contributed by atoms with Crippen LogP contribution in [0.4, 0.5) is 0 Å². The van der Waals surface area contributed by atoms with Gasteiger partial charge in [0, 0.05) is 0 Å². The molecule has 0 saturated carbocycles. The Balaban J connectivity index is 2.66. The summed E-state index contributed by atoms with van der Waals surface area (Å²) in [4.78, 5) is 4.48. The molecule has 0 aromatic rings. The van der Waals surface area contributed by atoms with Crippen molar-refractivity contribution in [2.45, 2.75) is 26.2 Å². The zero-order valence-electron chi connectivity index (χ0n) is 9.26. The van der Waals surface area contributed by atoms with Crippen LogP contribution in [0.15, 0.2) is 16.8 Å². The van der Waals surface area contributed by atoms with Gasteiger partial charge in [-0.1, -0.05) is 0 Å². The van der Waals surface area contributed by atoms with E-state index in [9.17, 15) is 0 Å². The molecule has 1 aliphatic rings. The third-order valence-electron chi connectivity index (χ3n) is 2.38. The summed E-state index contributed by atoms with van der Waals surface area (Å²) < 4.78 is 1.62. The van der Waals surface area contributed by atoms with E-state index in [1.54, 1.807) is 0 Å². The Hall–Kier alpha value is 0.252. The summed E-state index contributed by atoms with van der Waals surface area (Å²) in [6.07, 6.45) is 5.66. The summed E-state index contributed by atoms with van der Waals surface area (Å²) in [5.74, 6) is 0.736. The number of aliphatic imine (C=N–C) groups is 1. The Bertz CT molecular complexity index is 310. The third-order valence-corrected chi connectivity index (χ3v) is 7.29. The number of allylic oxidation sites excluding steroid dienone is 2. The van der Waals surface area contributed by atoms with E-state index in [0.717, 1.165) is 30.5 Å². The van der Waals surface area contributed by atoms with Crippen molar-refractivity contribution in [3.8, 4) is 0 Å². The second kappa shape index (κ2) is 6.75. The zero-order valence-corrected chi connectivity index (χ0v) is 14.5. The maximum atomic E-state index is 5.92. The van der Waals surface area contributed by atoms with Crippen molar-refractivity contribution < 1.29 is 0 Å². The van der Waals surface area contributed by atoms with E-state index in [0.29, 0.717) is 0 Å². The monoisotopic (exact) mass is 419 g/mol. The van der Waals surface area contributed by atoms with Gasteiger partial charge in [0.25, 0.3) is 0 Å². The molecule has 0 bridgehead atoms. The van der Waals surface area contributed by atoms with Crippen LogP contribution in [0, 0.1) is 5.92 Å². The summed E-state index contributed by atoms with van der Waals surface area (Å²) in [6.45, 7) is 2.26. The molecule has 3 N–H and O–H groups in total. The van der Waals surface area contributed by atoms with E-state index in [1.807, 2.05) is 7.05 Å². The Kier molecular flexibility index (Phi) is 6.00. The van der Waals surface area contributed by atoms with E-state index in [-0.39, 0.29) is 0 Å². The maximum absolute atomic E-state index is 5.92. The normalized spacial score (nSPS) is 23.4. The quantitative estimate of drug-likeness (QED) is 0.313. The van der Waals surface area contributed by atoms with Gasteiger partial charge >= 0.3 is 108 Å². The van der Waals surface area contributed by atoms with Crippen LogP contribution in [0.3, 0.4) is 0 Å². The van der Waals surface area contributed by atoms with Gasteiger partial charge in [0.1, 0.15) is 0 Å². The average molecular weight is 419 g/mol. The molecule has 0 radical (unpaired) electrons. The molecule has 0 aliphatic heterocycles. The Labute approximate surface area is 108 Å². The van der Waals surface area contributed by atoms with E-state index >= 15 is 0 Å². The second-order valence-electron chi connectivity index (χ2n) is 3.86. The molecule has 0 heterocycles. The van der Waals surface area contributed by atoms with Gasteiger partial charge in [0.2, 0.25) is 0 Å². The summed E-state index contributed by atoms with van der Waals surface area (Å²) >= 11 is 4.56. The third kappa shape index (κ3) is 5.22. The van der Waals surface area contributed by atoms with Crippen LogP contribution in [0.1, 0.15) is 26.2 Å². The fourth-order valence-electron chi connectivity index (χ4n) is 1.57. The number of hydrogen-bond acceptors (Lipinski definition) is 2. The molecule has 1 unspecified atom stereocenters. The first-order valence-corrected chi connectivity index (χ1v) is 10.1. The molecule has 1 atom stereocenters. The molecule has 3 nitrogen and oxygen atoms in total. The van der Waals surface area contributed by atoms with Crippen molar-refractivity contribution in [2.75, 3.05) is 7.05 Å². The molecule has 15 heavy (non-hydrogen) atoms. The summed E-state index contributed by atoms with van der Waals surface area (Å²) in [5, 5.41) is 2.94. The minimum atomic E-state index is -1.37. The van der Waals surface area contributed by atoms with Crippen molar-refractivity contribution in [1.82, 2.24) is 5.32 Å². The van der Waals surface area contributed by atoms with Crippen LogP contribution in [-0.2, 0) is 0 Å². The molecule has 5 heteroatoms. The van der Waals surface area contributed by atoms with Crippen molar-refractivity contribution in [3.05, 3.63) is 11.8 Å². The van der Waals surface area contributed by atoms with E-state index < -0.39 is 23.7 Å². The first-order valence-electron chi connectivity index (χ1n) is 5.20. The minimum absolute atomic E-state index is 0.736.